The highest BCUT2D eigenvalue weighted by molar-refractivity contribution is 5.98. The Morgan fingerprint density at radius 1 is 1.27 bits per heavy atom. The highest BCUT2D eigenvalue weighted by Crippen LogP contribution is 2.38. The van der Waals surface area contributed by atoms with Crippen molar-refractivity contribution in [2.45, 2.75) is 58.2 Å². The maximum atomic E-state index is 15.3. The fourth-order valence-corrected chi connectivity index (χ4v) is 4.35. The molecule has 0 aliphatic heterocycles. The number of hydrogen-bond acceptors (Lipinski definition) is 4. The number of hydrogen-bond donors (Lipinski definition) is 1. The first kappa shape index (κ1) is 23.0. The number of alkyl halides is 1. The molecule has 0 bridgehead atoms. The summed E-state index contributed by atoms with van der Waals surface area (Å²) in [4.78, 5) is 32.8. The minimum absolute atomic E-state index is 0.0649. The number of nitrogens with zero attached hydrogens (tertiary/aromatic N) is 2. The summed E-state index contributed by atoms with van der Waals surface area (Å²) in [5.41, 5.74) is 1.94. The fraction of sp³-hybridized carbons (Fsp3) is 0.385. The Bertz CT molecular complexity index is 1210. The maximum Gasteiger partial charge on any atom is 0.251 e. The van der Waals surface area contributed by atoms with Gasteiger partial charge in [-0.3, -0.25) is 9.78 Å². The van der Waals surface area contributed by atoms with Gasteiger partial charge < -0.3 is 10.1 Å². The van der Waals surface area contributed by atoms with E-state index in [0.29, 0.717) is 29.5 Å². The lowest BCUT2D eigenvalue weighted by atomic mass is 9.77. The van der Waals surface area contributed by atoms with E-state index < -0.39 is 23.4 Å². The predicted octanol–water partition coefficient (Wildman–Crippen LogP) is 4.99. The summed E-state index contributed by atoms with van der Waals surface area (Å²) < 4.78 is 30.2. The molecule has 33 heavy (non-hydrogen) atoms. The standard InChI is InChI=1S/C26H27F2N3O2/c1-15(2)26(28)8-6-22-20(13-26)11-18-10-19(12-21(27)24(18)30-22)25(33)31-23(7-9-32)17-5-4-16(3)29-14-17/h4-5,9-12,14-15,23H,6-8,13H2,1-3H3,(H,31,33)/t23-,26+/m1/s1. The fourth-order valence-electron chi connectivity index (χ4n) is 4.35. The van der Waals surface area contributed by atoms with E-state index in [2.05, 4.69) is 15.3 Å². The Morgan fingerprint density at radius 2 is 2.06 bits per heavy atom. The second kappa shape index (κ2) is 8.96. The van der Waals surface area contributed by atoms with Crippen LogP contribution in [-0.2, 0) is 17.6 Å². The summed E-state index contributed by atoms with van der Waals surface area (Å²) in [6.07, 6.45) is 3.45. The van der Waals surface area contributed by atoms with Crippen molar-refractivity contribution in [3.05, 3.63) is 70.4 Å². The summed E-state index contributed by atoms with van der Waals surface area (Å²) in [5, 5.41) is 3.25. The van der Waals surface area contributed by atoms with Gasteiger partial charge in [-0.2, -0.15) is 0 Å². The number of carbonyl (C=O) groups excluding carboxylic acids is 2. The Kier molecular flexibility index (Phi) is 6.23. The number of pyridine rings is 2. The molecule has 1 aliphatic rings. The first-order valence-corrected chi connectivity index (χ1v) is 11.2. The maximum absolute atomic E-state index is 15.3. The molecule has 0 unspecified atom stereocenters. The topological polar surface area (TPSA) is 72.0 Å². The van der Waals surface area contributed by atoms with Crippen LogP contribution in [0.3, 0.4) is 0 Å². The number of aldehydes is 1. The van der Waals surface area contributed by atoms with Gasteiger partial charge in [-0.15, -0.1) is 0 Å². The summed E-state index contributed by atoms with van der Waals surface area (Å²) >= 11 is 0. The number of carbonyl (C=O) groups is 2. The lowest BCUT2D eigenvalue weighted by Gasteiger charge is -2.34. The zero-order valence-corrected chi connectivity index (χ0v) is 19.0. The molecular weight excluding hydrogens is 424 g/mol. The number of nitrogens with one attached hydrogen (secondary N) is 1. The average molecular weight is 452 g/mol. The Morgan fingerprint density at radius 3 is 2.73 bits per heavy atom. The quantitative estimate of drug-likeness (QED) is 0.536. The van der Waals surface area contributed by atoms with Crippen molar-refractivity contribution in [2.75, 3.05) is 0 Å². The van der Waals surface area contributed by atoms with Crippen LogP contribution < -0.4 is 5.32 Å². The van der Waals surface area contributed by atoms with Crippen molar-refractivity contribution in [3.8, 4) is 0 Å². The largest absolute Gasteiger partial charge is 0.345 e. The van der Waals surface area contributed by atoms with Crippen LogP contribution in [0.5, 0.6) is 0 Å². The SMILES string of the molecule is Cc1ccc([C@@H](CC=O)NC(=O)c2cc(F)c3nc4c(cc3c2)C[C@](F)(C(C)C)CC4)cn1. The van der Waals surface area contributed by atoms with Crippen molar-refractivity contribution >= 4 is 23.1 Å². The summed E-state index contributed by atoms with van der Waals surface area (Å²) in [7, 11) is 0. The van der Waals surface area contributed by atoms with Crippen LogP contribution in [0.1, 0.15) is 65.6 Å². The van der Waals surface area contributed by atoms with Gasteiger partial charge >= 0.3 is 0 Å². The smallest absolute Gasteiger partial charge is 0.251 e. The van der Waals surface area contributed by atoms with Gasteiger partial charge in [0.1, 0.15) is 23.3 Å². The van der Waals surface area contributed by atoms with Crippen LogP contribution in [0, 0.1) is 18.7 Å². The van der Waals surface area contributed by atoms with E-state index >= 15 is 4.39 Å². The third-order valence-electron chi connectivity index (χ3n) is 6.57. The van der Waals surface area contributed by atoms with Gasteiger partial charge in [0.15, 0.2) is 0 Å². The lowest BCUT2D eigenvalue weighted by molar-refractivity contribution is -0.108. The molecular formula is C26H27F2N3O2. The third kappa shape index (κ3) is 4.63. The van der Waals surface area contributed by atoms with E-state index in [4.69, 9.17) is 0 Å². The van der Waals surface area contributed by atoms with E-state index in [9.17, 15) is 14.0 Å². The molecule has 0 saturated carbocycles. The number of benzene rings is 1. The molecule has 7 heteroatoms. The minimum Gasteiger partial charge on any atom is -0.345 e. The summed E-state index contributed by atoms with van der Waals surface area (Å²) in [6, 6.07) is 7.48. The van der Waals surface area contributed by atoms with Gasteiger partial charge in [-0.05, 0) is 61.1 Å². The van der Waals surface area contributed by atoms with E-state index in [1.54, 1.807) is 30.5 Å². The molecule has 1 aromatic carbocycles. The van der Waals surface area contributed by atoms with Crippen LogP contribution in [0.15, 0.2) is 36.5 Å². The Balaban J connectivity index is 1.65. The van der Waals surface area contributed by atoms with Crippen LogP contribution >= 0.6 is 0 Å². The number of rotatable bonds is 6. The van der Waals surface area contributed by atoms with E-state index in [0.717, 1.165) is 23.6 Å². The minimum atomic E-state index is -1.32. The molecule has 0 fully saturated rings. The zero-order chi connectivity index (χ0) is 23.8. The highest BCUT2D eigenvalue weighted by Gasteiger charge is 2.38. The molecule has 0 saturated heterocycles. The van der Waals surface area contributed by atoms with E-state index in [1.165, 1.54) is 0 Å². The van der Waals surface area contributed by atoms with Crippen LogP contribution in [0.25, 0.3) is 10.9 Å². The van der Waals surface area contributed by atoms with E-state index in [1.807, 2.05) is 20.8 Å². The molecule has 2 aromatic heterocycles. The Labute approximate surface area is 191 Å². The number of halogens is 2. The van der Waals surface area contributed by atoms with Crippen molar-refractivity contribution in [2.24, 2.45) is 5.92 Å². The normalized spacial score (nSPS) is 18.7. The van der Waals surface area contributed by atoms with Crippen molar-refractivity contribution in [1.29, 1.82) is 0 Å². The van der Waals surface area contributed by atoms with E-state index in [-0.39, 0.29) is 29.8 Å². The molecule has 0 spiro atoms. The number of fused-ring (bicyclic) bond motifs is 2. The van der Waals surface area contributed by atoms with Crippen molar-refractivity contribution in [3.63, 3.8) is 0 Å². The molecule has 2 heterocycles. The summed E-state index contributed by atoms with van der Waals surface area (Å²) in [6.45, 7) is 5.57. The number of amides is 1. The monoisotopic (exact) mass is 451 g/mol. The average Bonchev–Trinajstić information content (AvgIpc) is 2.78. The van der Waals surface area contributed by atoms with Crippen molar-refractivity contribution in [1.82, 2.24) is 15.3 Å². The molecule has 4 rings (SSSR count). The molecule has 1 amide bonds. The Hall–Kier alpha value is -3.22. The van der Waals surface area contributed by atoms with Gasteiger partial charge in [-0.1, -0.05) is 19.9 Å². The third-order valence-corrected chi connectivity index (χ3v) is 6.57. The second-order valence-corrected chi connectivity index (χ2v) is 9.15. The number of aryl methyl sites for hydroxylation is 2. The molecule has 172 valence electrons. The summed E-state index contributed by atoms with van der Waals surface area (Å²) in [5.74, 6) is -1.26. The molecule has 1 aliphatic carbocycles. The van der Waals surface area contributed by atoms with Crippen LogP contribution in [-0.4, -0.2) is 27.8 Å². The zero-order valence-electron chi connectivity index (χ0n) is 19.0. The molecule has 1 N–H and O–H groups in total. The lowest BCUT2D eigenvalue weighted by Crippen LogP contribution is -2.36. The highest BCUT2D eigenvalue weighted by atomic mass is 19.1. The molecule has 0 radical (unpaired) electrons. The molecule has 2 atom stereocenters. The molecule has 5 nitrogen and oxygen atoms in total. The predicted molar refractivity (Wildman–Crippen MR) is 122 cm³/mol. The van der Waals surface area contributed by atoms with Crippen LogP contribution in [0.2, 0.25) is 0 Å². The van der Waals surface area contributed by atoms with Gasteiger partial charge in [0.2, 0.25) is 0 Å². The van der Waals surface area contributed by atoms with Gasteiger partial charge in [0.25, 0.3) is 5.91 Å². The molecule has 3 aromatic rings. The van der Waals surface area contributed by atoms with Gasteiger partial charge in [-0.25, -0.2) is 13.8 Å². The number of aromatic nitrogens is 2. The van der Waals surface area contributed by atoms with Gasteiger partial charge in [0.05, 0.1) is 6.04 Å². The first-order valence-electron chi connectivity index (χ1n) is 11.2. The first-order chi connectivity index (χ1) is 15.7. The van der Waals surface area contributed by atoms with Crippen LogP contribution in [0.4, 0.5) is 8.78 Å². The van der Waals surface area contributed by atoms with Crippen molar-refractivity contribution < 1.29 is 18.4 Å². The second-order valence-electron chi connectivity index (χ2n) is 9.15. The van der Waals surface area contributed by atoms with Gasteiger partial charge in [0, 0.05) is 41.4 Å².